The van der Waals surface area contributed by atoms with Gasteiger partial charge in [0, 0.05) is 25.6 Å². The van der Waals surface area contributed by atoms with E-state index in [2.05, 4.69) is 0 Å². The number of rotatable bonds is 2. The Labute approximate surface area is 103 Å². The first-order valence-electron chi connectivity index (χ1n) is 5.45. The lowest BCUT2D eigenvalue weighted by atomic mass is 9.86. The monoisotopic (exact) mass is 249 g/mol. The maximum Gasteiger partial charge on any atom is 0.333 e. The van der Waals surface area contributed by atoms with Crippen LogP contribution in [0.5, 0.6) is 0 Å². The van der Waals surface area contributed by atoms with E-state index in [4.69, 9.17) is 5.11 Å². The summed E-state index contributed by atoms with van der Waals surface area (Å²) in [5.41, 5.74) is 0.773. The average Bonchev–Trinajstić information content (AvgIpc) is 2.33. The van der Waals surface area contributed by atoms with Crippen LogP contribution in [0, 0.1) is 5.82 Å². The number of hydrogen-bond acceptors (Lipinski definition) is 2. The third-order valence-electron chi connectivity index (χ3n) is 3.00. The van der Waals surface area contributed by atoms with E-state index in [9.17, 15) is 14.0 Å². The van der Waals surface area contributed by atoms with Gasteiger partial charge in [0.05, 0.1) is 5.57 Å². The average molecular weight is 249 g/mol. The number of hydrogen-bond donors (Lipinski definition) is 1. The molecule has 0 aliphatic carbocycles. The third kappa shape index (κ3) is 2.25. The van der Waals surface area contributed by atoms with Crippen LogP contribution in [-0.2, 0) is 9.59 Å². The first kappa shape index (κ1) is 12.3. The van der Waals surface area contributed by atoms with Crippen LogP contribution in [0.3, 0.4) is 0 Å². The summed E-state index contributed by atoms with van der Waals surface area (Å²) in [6.07, 6.45) is 1.41. The van der Waals surface area contributed by atoms with Crippen molar-refractivity contribution in [3.05, 3.63) is 47.4 Å². The van der Waals surface area contributed by atoms with Crippen molar-refractivity contribution >= 4 is 11.9 Å². The standard InChI is InChI=1S/C13H12FNO3/c1-15-7-11(13(17)18)10(6-12(15)16)8-2-4-9(14)5-3-8/h2-5,7,10H,6H2,1H3,(H,17,18)/t10-/m1/s1. The fraction of sp³-hybridized carbons (Fsp3) is 0.231. The van der Waals surface area contributed by atoms with Crippen LogP contribution in [-0.4, -0.2) is 28.9 Å². The molecule has 1 N–H and O–H groups in total. The molecule has 0 saturated heterocycles. The van der Waals surface area contributed by atoms with Crippen molar-refractivity contribution in [2.45, 2.75) is 12.3 Å². The predicted molar refractivity (Wildman–Crippen MR) is 62.2 cm³/mol. The van der Waals surface area contributed by atoms with Crippen molar-refractivity contribution in [1.29, 1.82) is 0 Å². The number of carboxylic acid groups (broad SMARTS) is 1. The largest absolute Gasteiger partial charge is 0.478 e. The first-order valence-corrected chi connectivity index (χ1v) is 5.45. The highest BCUT2D eigenvalue weighted by Gasteiger charge is 2.30. The van der Waals surface area contributed by atoms with Gasteiger partial charge in [-0.25, -0.2) is 9.18 Å². The summed E-state index contributed by atoms with van der Waals surface area (Å²) in [7, 11) is 1.52. The molecular weight excluding hydrogens is 237 g/mol. The molecule has 4 nitrogen and oxygen atoms in total. The van der Waals surface area contributed by atoms with Crippen LogP contribution < -0.4 is 0 Å². The molecule has 1 atom stereocenters. The Bertz CT molecular complexity index is 522. The highest BCUT2D eigenvalue weighted by molar-refractivity contribution is 5.93. The fourth-order valence-electron chi connectivity index (χ4n) is 2.00. The van der Waals surface area contributed by atoms with Crippen molar-refractivity contribution in [1.82, 2.24) is 4.90 Å². The van der Waals surface area contributed by atoms with Gasteiger partial charge in [0.15, 0.2) is 0 Å². The van der Waals surface area contributed by atoms with Crippen LogP contribution in [0.1, 0.15) is 17.9 Å². The molecule has 1 aromatic carbocycles. The number of carbonyl (C=O) groups excluding carboxylic acids is 1. The van der Waals surface area contributed by atoms with Crippen LogP contribution in [0.4, 0.5) is 4.39 Å². The highest BCUT2D eigenvalue weighted by Crippen LogP contribution is 2.32. The molecule has 0 fully saturated rings. The summed E-state index contributed by atoms with van der Waals surface area (Å²) in [5, 5.41) is 9.15. The second-order valence-electron chi connectivity index (χ2n) is 4.20. The quantitative estimate of drug-likeness (QED) is 0.868. The summed E-state index contributed by atoms with van der Waals surface area (Å²) in [5.74, 6) is -2.14. The number of carboxylic acids is 1. The number of benzene rings is 1. The van der Waals surface area contributed by atoms with Crippen LogP contribution >= 0.6 is 0 Å². The third-order valence-corrected chi connectivity index (χ3v) is 3.00. The Balaban J connectivity index is 2.41. The summed E-state index contributed by atoms with van der Waals surface area (Å²) >= 11 is 0. The van der Waals surface area contributed by atoms with Gasteiger partial charge < -0.3 is 10.0 Å². The fourth-order valence-corrected chi connectivity index (χ4v) is 2.00. The number of carbonyl (C=O) groups is 2. The van der Waals surface area contributed by atoms with Crippen molar-refractivity contribution in [3.8, 4) is 0 Å². The van der Waals surface area contributed by atoms with Gasteiger partial charge in [-0.3, -0.25) is 4.79 Å². The van der Waals surface area contributed by atoms with Gasteiger partial charge in [-0.1, -0.05) is 12.1 Å². The Morgan fingerprint density at radius 1 is 1.39 bits per heavy atom. The summed E-state index contributed by atoms with van der Waals surface area (Å²) in [4.78, 5) is 24.1. The van der Waals surface area contributed by atoms with E-state index in [-0.39, 0.29) is 23.7 Å². The Morgan fingerprint density at radius 2 is 2.00 bits per heavy atom. The molecule has 0 bridgehead atoms. The molecule has 94 valence electrons. The molecule has 2 rings (SSSR count). The molecule has 1 aromatic rings. The lowest BCUT2D eigenvalue weighted by molar-refractivity contribution is -0.134. The van der Waals surface area contributed by atoms with Gasteiger partial charge in [-0.05, 0) is 17.7 Å². The van der Waals surface area contributed by atoms with E-state index in [1.165, 1.54) is 42.4 Å². The van der Waals surface area contributed by atoms with E-state index < -0.39 is 11.9 Å². The molecule has 1 amide bonds. The zero-order chi connectivity index (χ0) is 13.3. The van der Waals surface area contributed by atoms with Gasteiger partial charge in [0.2, 0.25) is 5.91 Å². The van der Waals surface area contributed by atoms with Crippen molar-refractivity contribution in [2.75, 3.05) is 7.05 Å². The zero-order valence-corrected chi connectivity index (χ0v) is 9.76. The lowest BCUT2D eigenvalue weighted by Crippen LogP contribution is -2.31. The van der Waals surface area contributed by atoms with Gasteiger partial charge >= 0.3 is 5.97 Å². The Hall–Kier alpha value is -2.17. The predicted octanol–water partition coefficient (Wildman–Crippen LogP) is 1.74. The molecule has 0 spiro atoms. The van der Waals surface area contributed by atoms with Crippen LogP contribution in [0.2, 0.25) is 0 Å². The van der Waals surface area contributed by atoms with Crippen LogP contribution in [0.15, 0.2) is 36.0 Å². The van der Waals surface area contributed by atoms with E-state index >= 15 is 0 Å². The second-order valence-corrected chi connectivity index (χ2v) is 4.20. The Kier molecular flexibility index (Phi) is 3.14. The molecule has 1 heterocycles. The lowest BCUT2D eigenvalue weighted by Gasteiger charge is -2.26. The maximum absolute atomic E-state index is 12.8. The Morgan fingerprint density at radius 3 is 2.56 bits per heavy atom. The molecule has 1 aliphatic rings. The van der Waals surface area contributed by atoms with Crippen LogP contribution in [0.25, 0.3) is 0 Å². The van der Waals surface area contributed by atoms with Crippen molar-refractivity contribution < 1.29 is 19.1 Å². The molecule has 0 radical (unpaired) electrons. The minimum absolute atomic E-state index is 0.0836. The number of nitrogens with zero attached hydrogens (tertiary/aromatic N) is 1. The summed E-state index contributed by atoms with van der Waals surface area (Å²) in [6.45, 7) is 0. The SMILES string of the molecule is CN1C=C(C(=O)O)[C@@H](c2ccc(F)cc2)CC1=O. The van der Waals surface area contributed by atoms with Gasteiger partial charge in [-0.2, -0.15) is 0 Å². The number of aliphatic carboxylic acids is 1. The van der Waals surface area contributed by atoms with Crippen molar-refractivity contribution in [3.63, 3.8) is 0 Å². The van der Waals surface area contributed by atoms with E-state index in [0.717, 1.165) is 0 Å². The molecule has 0 saturated carbocycles. The molecule has 0 unspecified atom stereocenters. The number of halogens is 1. The van der Waals surface area contributed by atoms with Gasteiger partial charge in [-0.15, -0.1) is 0 Å². The topological polar surface area (TPSA) is 57.6 Å². The minimum Gasteiger partial charge on any atom is -0.478 e. The van der Waals surface area contributed by atoms with Crippen molar-refractivity contribution in [2.24, 2.45) is 0 Å². The minimum atomic E-state index is -1.07. The smallest absolute Gasteiger partial charge is 0.333 e. The summed E-state index contributed by atoms with van der Waals surface area (Å²) in [6, 6.07) is 5.54. The first-order chi connectivity index (χ1) is 8.49. The highest BCUT2D eigenvalue weighted by atomic mass is 19.1. The van der Waals surface area contributed by atoms with E-state index in [1.54, 1.807) is 0 Å². The normalized spacial score (nSPS) is 19.7. The molecule has 0 aromatic heterocycles. The molecule has 18 heavy (non-hydrogen) atoms. The van der Waals surface area contributed by atoms with E-state index in [0.29, 0.717) is 5.56 Å². The second kappa shape index (κ2) is 4.60. The zero-order valence-electron chi connectivity index (χ0n) is 9.76. The summed E-state index contributed by atoms with van der Waals surface area (Å²) < 4.78 is 12.8. The van der Waals surface area contributed by atoms with E-state index in [1.807, 2.05) is 0 Å². The van der Waals surface area contributed by atoms with Gasteiger partial charge in [0.25, 0.3) is 0 Å². The van der Waals surface area contributed by atoms with Gasteiger partial charge in [0.1, 0.15) is 5.82 Å². The molecular formula is C13H12FNO3. The maximum atomic E-state index is 12.8. The molecule has 1 aliphatic heterocycles. The molecule has 5 heteroatoms. The number of amides is 1.